The normalized spacial score (nSPS) is 11.3. The number of halogens is 1. The molecule has 0 spiro atoms. The molecule has 0 aliphatic heterocycles. The summed E-state index contributed by atoms with van der Waals surface area (Å²) in [5.41, 5.74) is 0.221. The molecular weight excluding hydrogens is 302 g/mol. The highest BCUT2D eigenvalue weighted by atomic mass is 79.9. The van der Waals surface area contributed by atoms with Crippen molar-refractivity contribution in [2.45, 2.75) is 19.4 Å². The second-order valence-electron chi connectivity index (χ2n) is 4.26. The predicted molar refractivity (Wildman–Crippen MR) is 71.5 cm³/mol. The Bertz CT molecular complexity index is 434. The van der Waals surface area contributed by atoms with Crippen molar-refractivity contribution in [3.05, 3.63) is 38.3 Å². The van der Waals surface area contributed by atoms with E-state index in [2.05, 4.69) is 15.9 Å². The lowest BCUT2D eigenvalue weighted by atomic mass is 9.97. The average molecular weight is 318 g/mol. The Morgan fingerprint density at radius 2 is 2.11 bits per heavy atom. The van der Waals surface area contributed by atoms with Crippen LogP contribution in [-0.2, 0) is 10.3 Å². The molecule has 0 atom stereocenters. The summed E-state index contributed by atoms with van der Waals surface area (Å²) in [4.78, 5) is 9.89. The average Bonchev–Trinajstić information content (AvgIpc) is 2.27. The molecule has 0 heterocycles. The molecule has 0 bridgehead atoms. The van der Waals surface area contributed by atoms with E-state index in [0.717, 1.165) is 10.0 Å². The van der Waals surface area contributed by atoms with Crippen molar-refractivity contribution in [2.75, 3.05) is 20.3 Å². The van der Waals surface area contributed by atoms with Gasteiger partial charge in [0.25, 0.3) is 0 Å². The zero-order valence-corrected chi connectivity index (χ0v) is 12.2. The quantitative estimate of drug-likeness (QED) is 0.597. The minimum atomic E-state index is -0.637. The molecule has 1 aromatic rings. The van der Waals surface area contributed by atoms with Crippen molar-refractivity contribution in [3.8, 4) is 5.75 Å². The SMILES string of the molecule is COc1cc(Br)ccc1C(C)(C)OCC[N+](=O)[O-]. The van der Waals surface area contributed by atoms with E-state index < -0.39 is 10.5 Å². The molecule has 1 aromatic carbocycles. The zero-order chi connectivity index (χ0) is 13.8. The minimum absolute atomic E-state index is 0.0687. The molecule has 0 unspecified atom stereocenters. The van der Waals surface area contributed by atoms with Crippen LogP contribution in [0.2, 0.25) is 0 Å². The minimum Gasteiger partial charge on any atom is -0.496 e. The second-order valence-corrected chi connectivity index (χ2v) is 5.18. The van der Waals surface area contributed by atoms with Gasteiger partial charge in [0.1, 0.15) is 12.4 Å². The van der Waals surface area contributed by atoms with Crippen LogP contribution < -0.4 is 4.74 Å². The highest BCUT2D eigenvalue weighted by Crippen LogP contribution is 2.34. The van der Waals surface area contributed by atoms with Gasteiger partial charge in [-0.2, -0.15) is 0 Å². The van der Waals surface area contributed by atoms with Crippen LogP contribution in [0.4, 0.5) is 0 Å². The number of ether oxygens (including phenoxy) is 2. The Kier molecular flexibility index (Phi) is 5.10. The fourth-order valence-electron chi connectivity index (χ4n) is 1.62. The van der Waals surface area contributed by atoms with Gasteiger partial charge < -0.3 is 9.47 Å². The molecule has 0 aliphatic rings. The van der Waals surface area contributed by atoms with Gasteiger partial charge in [-0.15, -0.1) is 0 Å². The van der Waals surface area contributed by atoms with E-state index >= 15 is 0 Å². The number of nitro groups is 1. The summed E-state index contributed by atoms with van der Waals surface area (Å²) < 4.78 is 11.8. The number of rotatable bonds is 6. The van der Waals surface area contributed by atoms with E-state index in [4.69, 9.17) is 9.47 Å². The highest BCUT2D eigenvalue weighted by Gasteiger charge is 2.25. The molecule has 6 heteroatoms. The predicted octanol–water partition coefficient (Wildman–Crippen LogP) is 2.99. The van der Waals surface area contributed by atoms with Gasteiger partial charge in [-0.1, -0.05) is 22.0 Å². The third-order valence-electron chi connectivity index (χ3n) is 2.55. The summed E-state index contributed by atoms with van der Waals surface area (Å²) in [6, 6.07) is 5.61. The molecule has 0 saturated carbocycles. The maximum absolute atomic E-state index is 10.3. The van der Waals surface area contributed by atoms with E-state index in [0.29, 0.717) is 5.75 Å². The van der Waals surface area contributed by atoms with Gasteiger partial charge in [-0.25, -0.2) is 0 Å². The summed E-state index contributed by atoms with van der Waals surface area (Å²) in [7, 11) is 1.58. The first-order valence-electron chi connectivity index (χ1n) is 5.46. The lowest BCUT2D eigenvalue weighted by Gasteiger charge is -2.27. The van der Waals surface area contributed by atoms with Crippen LogP contribution in [0, 0.1) is 10.1 Å². The summed E-state index contributed by atoms with van der Waals surface area (Å²) in [6.07, 6.45) is 0. The smallest absolute Gasteiger partial charge is 0.226 e. The molecule has 5 nitrogen and oxygen atoms in total. The molecule has 0 aromatic heterocycles. The Hall–Kier alpha value is -1.14. The van der Waals surface area contributed by atoms with Crippen molar-refractivity contribution >= 4 is 15.9 Å². The van der Waals surface area contributed by atoms with Crippen LogP contribution in [0.3, 0.4) is 0 Å². The molecule has 0 fully saturated rings. The van der Waals surface area contributed by atoms with Crippen LogP contribution in [0.25, 0.3) is 0 Å². The Morgan fingerprint density at radius 3 is 2.67 bits per heavy atom. The number of benzene rings is 1. The lowest BCUT2D eigenvalue weighted by molar-refractivity contribution is -0.485. The van der Waals surface area contributed by atoms with Gasteiger partial charge in [0, 0.05) is 15.0 Å². The molecule has 0 N–H and O–H groups in total. The van der Waals surface area contributed by atoms with Gasteiger partial charge in [0.15, 0.2) is 0 Å². The second kappa shape index (κ2) is 6.15. The van der Waals surface area contributed by atoms with E-state index in [1.54, 1.807) is 7.11 Å². The van der Waals surface area contributed by atoms with Crippen LogP contribution in [0.5, 0.6) is 5.75 Å². The van der Waals surface area contributed by atoms with Crippen LogP contribution in [0.15, 0.2) is 22.7 Å². The molecule has 0 amide bonds. The van der Waals surface area contributed by atoms with Crippen molar-refractivity contribution in [3.63, 3.8) is 0 Å². The molecule has 1 rings (SSSR count). The zero-order valence-electron chi connectivity index (χ0n) is 10.6. The van der Waals surface area contributed by atoms with Crippen molar-refractivity contribution in [1.29, 1.82) is 0 Å². The van der Waals surface area contributed by atoms with E-state index in [-0.39, 0.29) is 13.2 Å². The Morgan fingerprint density at radius 1 is 1.44 bits per heavy atom. The van der Waals surface area contributed by atoms with Crippen molar-refractivity contribution < 1.29 is 14.4 Å². The summed E-state index contributed by atoms with van der Waals surface area (Å²) >= 11 is 3.37. The monoisotopic (exact) mass is 317 g/mol. The van der Waals surface area contributed by atoms with Crippen LogP contribution in [-0.4, -0.2) is 25.2 Å². The summed E-state index contributed by atoms with van der Waals surface area (Å²) in [5.74, 6) is 0.690. The molecular formula is C12H16BrNO4. The number of nitrogens with zero attached hydrogens (tertiary/aromatic N) is 1. The molecule has 0 aliphatic carbocycles. The van der Waals surface area contributed by atoms with Crippen molar-refractivity contribution in [1.82, 2.24) is 0 Å². The Balaban J connectivity index is 2.86. The highest BCUT2D eigenvalue weighted by molar-refractivity contribution is 9.10. The number of methoxy groups -OCH3 is 1. The fraction of sp³-hybridized carbons (Fsp3) is 0.500. The summed E-state index contributed by atoms with van der Waals surface area (Å²) in [5, 5.41) is 10.3. The lowest BCUT2D eigenvalue weighted by Crippen LogP contribution is -2.25. The third kappa shape index (κ3) is 3.96. The van der Waals surface area contributed by atoms with E-state index in [1.165, 1.54) is 0 Å². The number of hydrogen-bond acceptors (Lipinski definition) is 4. The first-order valence-corrected chi connectivity index (χ1v) is 6.26. The van der Waals surface area contributed by atoms with Gasteiger partial charge in [-0.05, 0) is 26.0 Å². The first kappa shape index (κ1) is 14.9. The molecule has 100 valence electrons. The maximum atomic E-state index is 10.3. The first-order chi connectivity index (χ1) is 8.36. The fourth-order valence-corrected chi connectivity index (χ4v) is 1.96. The standard InChI is InChI=1S/C12H16BrNO4/c1-12(2,18-7-6-14(15)16)10-5-4-9(13)8-11(10)17-3/h4-5,8H,6-7H2,1-3H3. The van der Waals surface area contributed by atoms with Gasteiger partial charge in [-0.3, -0.25) is 10.1 Å². The topological polar surface area (TPSA) is 61.6 Å². The van der Waals surface area contributed by atoms with E-state index in [9.17, 15) is 10.1 Å². The maximum Gasteiger partial charge on any atom is 0.226 e. The Labute approximate surface area is 114 Å². The van der Waals surface area contributed by atoms with Crippen molar-refractivity contribution in [2.24, 2.45) is 0 Å². The van der Waals surface area contributed by atoms with Gasteiger partial charge in [0.2, 0.25) is 6.54 Å². The third-order valence-corrected chi connectivity index (χ3v) is 3.04. The van der Waals surface area contributed by atoms with Crippen LogP contribution in [0.1, 0.15) is 19.4 Å². The largest absolute Gasteiger partial charge is 0.496 e. The van der Waals surface area contributed by atoms with Gasteiger partial charge in [0.05, 0.1) is 12.7 Å². The molecule has 0 saturated heterocycles. The molecule has 18 heavy (non-hydrogen) atoms. The number of hydrogen-bond donors (Lipinski definition) is 0. The summed E-state index contributed by atoms with van der Waals surface area (Å²) in [6.45, 7) is 3.58. The van der Waals surface area contributed by atoms with E-state index in [1.807, 2.05) is 32.0 Å². The van der Waals surface area contributed by atoms with Crippen LogP contribution >= 0.6 is 15.9 Å². The molecule has 0 radical (unpaired) electrons. The van der Waals surface area contributed by atoms with Gasteiger partial charge >= 0.3 is 0 Å².